The van der Waals surface area contributed by atoms with Gasteiger partial charge in [-0.15, -0.1) is 0 Å². The number of benzene rings is 2. The number of allylic oxidation sites excluding steroid dienone is 1. The van der Waals surface area contributed by atoms with E-state index in [0.717, 1.165) is 0 Å². The van der Waals surface area contributed by atoms with Gasteiger partial charge < -0.3 is 0 Å². The maximum absolute atomic E-state index is 2.20. The summed E-state index contributed by atoms with van der Waals surface area (Å²) in [7, 11) is 0. The van der Waals surface area contributed by atoms with E-state index in [1.807, 2.05) is 23.5 Å². The third kappa shape index (κ3) is 2.15. The van der Waals surface area contributed by atoms with Gasteiger partial charge in [0.2, 0.25) is 0 Å². The molecule has 0 atom stereocenters. The zero-order valence-corrected chi connectivity index (χ0v) is 11.1. The van der Waals surface area contributed by atoms with Gasteiger partial charge >= 0.3 is 0 Å². The quantitative estimate of drug-likeness (QED) is 0.681. The molecular weight excluding hydrogens is 244 g/mol. The highest BCUT2D eigenvalue weighted by atomic mass is 32.2. The SMILES string of the molecule is CC(=C1Sc2ccccc2S1)c1ccccc1. The van der Waals surface area contributed by atoms with Crippen LogP contribution in [0.15, 0.2) is 68.6 Å². The summed E-state index contributed by atoms with van der Waals surface area (Å²) in [5.41, 5.74) is 2.69. The lowest BCUT2D eigenvalue weighted by molar-refractivity contribution is 1.27. The van der Waals surface area contributed by atoms with Gasteiger partial charge in [0, 0.05) is 9.79 Å². The van der Waals surface area contributed by atoms with Gasteiger partial charge in [0.25, 0.3) is 0 Å². The van der Waals surface area contributed by atoms with Crippen molar-refractivity contribution in [2.24, 2.45) is 0 Å². The Hall–Kier alpha value is -1.12. The zero-order valence-electron chi connectivity index (χ0n) is 9.51. The Balaban J connectivity index is 1.98. The number of hydrogen-bond acceptors (Lipinski definition) is 2. The van der Waals surface area contributed by atoms with Crippen LogP contribution in [0.3, 0.4) is 0 Å². The normalized spacial score (nSPS) is 13.6. The maximum atomic E-state index is 2.20. The van der Waals surface area contributed by atoms with E-state index in [-0.39, 0.29) is 0 Å². The van der Waals surface area contributed by atoms with Crippen LogP contribution in [0, 0.1) is 0 Å². The molecule has 1 heterocycles. The van der Waals surface area contributed by atoms with E-state index in [1.165, 1.54) is 25.2 Å². The molecule has 1 aliphatic rings. The Morgan fingerprint density at radius 2 is 1.29 bits per heavy atom. The first-order chi connectivity index (χ1) is 8.34. The summed E-state index contributed by atoms with van der Waals surface area (Å²) < 4.78 is 1.40. The van der Waals surface area contributed by atoms with Gasteiger partial charge in [0.05, 0.1) is 4.24 Å². The molecule has 0 saturated carbocycles. The van der Waals surface area contributed by atoms with Crippen LogP contribution in [-0.4, -0.2) is 0 Å². The molecule has 2 aromatic rings. The van der Waals surface area contributed by atoms with Crippen LogP contribution in [0.25, 0.3) is 5.57 Å². The lowest BCUT2D eigenvalue weighted by atomic mass is 10.1. The van der Waals surface area contributed by atoms with E-state index < -0.39 is 0 Å². The molecular formula is C15H12S2. The highest BCUT2D eigenvalue weighted by molar-refractivity contribution is 8.25. The standard InChI is InChI=1S/C15H12S2/c1-11(12-7-3-2-4-8-12)15-16-13-9-5-6-10-14(13)17-15/h2-10H,1H3. The summed E-state index contributed by atoms with van der Waals surface area (Å²) in [5, 5.41) is 0. The number of fused-ring (bicyclic) bond motifs is 1. The number of thioether (sulfide) groups is 2. The highest BCUT2D eigenvalue weighted by Crippen LogP contribution is 2.53. The van der Waals surface area contributed by atoms with Crippen molar-refractivity contribution in [3.8, 4) is 0 Å². The third-order valence-electron chi connectivity index (χ3n) is 2.77. The summed E-state index contributed by atoms with van der Waals surface area (Å²) in [5.74, 6) is 0. The molecule has 0 radical (unpaired) electrons. The summed E-state index contributed by atoms with van der Waals surface area (Å²) in [4.78, 5) is 2.76. The molecule has 0 nitrogen and oxygen atoms in total. The first kappa shape index (κ1) is 11.0. The Bertz CT molecular complexity index is 543. The minimum atomic E-state index is 1.32. The smallest absolute Gasteiger partial charge is 0.0534 e. The predicted octanol–water partition coefficient (Wildman–Crippen LogP) is 5.27. The van der Waals surface area contributed by atoms with E-state index in [4.69, 9.17) is 0 Å². The van der Waals surface area contributed by atoms with Gasteiger partial charge in [0.15, 0.2) is 0 Å². The van der Waals surface area contributed by atoms with Gasteiger partial charge in [-0.25, -0.2) is 0 Å². The van der Waals surface area contributed by atoms with E-state index in [1.54, 1.807) is 0 Å². The van der Waals surface area contributed by atoms with Crippen LogP contribution in [-0.2, 0) is 0 Å². The van der Waals surface area contributed by atoms with E-state index >= 15 is 0 Å². The topological polar surface area (TPSA) is 0 Å². The molecule has 0 saturated heterocycles. The Morgan fingerprint density at radius 1 is 0.765 bits per heavy atom. The van der Waals surface area contributed by atoms with Crippen LogP contribution < -0.4 is 0 Å². The van der Waals surface area contributed by atoms with Crippen LogP contribution in [0.2, 0.25) is 0 Å². The molecule has 1 aliphatic heterocycles. The van der Waals surface area contributed by atoms with Crippen molar-refractivity contribution in [2.45, 2.75) is 16.7 Å². The van der Waals surface area contributed by atoms with Gasteiger partial charge in [-0.1, -0.05) is 66.0 Å². The molecule has 0 amide bonds. The molecule has 0 N–H and O–H groups in total. The average molecular weight is 256 g/mol. The van der Waals surface area contributed by atoms with Gasteiger partial charge in [-0.05, 0) is 30.2 Å². The average Bonchev–Trinajstić information content (AvgIpc) is 2.82. The molecule has 17 heavy (non-hydrogen) atoms. The maximum Gasteiger partial charge on any atom is 0.0534 e. The molecule has 2 aromatic carbocycles. The lowest BCUT2D eigenvalue weighted by Gasteiger charge is -2.04. The predicted molar refractivity (Wildman–Crippen MR) is 77.2 cm³/mol. The minimum absolute atomic E-state index is 1.32. The van der Waals surface area contributed by atoms with Crippen LogP contribution in [0.4, 0.5) is 0 Å². The molecule has 0 bridgehead atoms. The van der Waals surface area contributed by atoms with Crippen LogP contribution in [0.1, 0.15) is 12.5 Å². The van der Waals surface area contributed by atoms with Crippen LogP contribution >= 0.6 is 23.5 Å². The summed E-state index contributed by atoms with van der Waals surface area (Å²) in [6.07, 6.45) is 0. The van der Waals surface area contributed by atoms with Crippen molar-refractivity contribution < 1.29 is 0 Å². The number of hydrogen-bond donors (Lipinski definition) is 0. The monoisotopic (exact) mass is 256 g/mol. The Labute approximate surface area is 110 Å². The third-order valence-corrected chi connectivity index (χ3v) is 5.53. The summed E-state index contributed by atoms with van der Waals surface area (Å²) in [6, 6.07) is 19.2. The van der Waals surface area contributed by atoms with Crippen molar-refractivity contribution in [2.75, 3.05) is 0 Å². The van der Waals surface area contributed by atoms with Gasteiger partial charge in [-0.2, -0.15) is 0 Å². The summed E-state index contributed by atoms with van der Waals surface area (Å²) >= 11 is 3.76. The second-order valence-corrected chi connectivity index (χ2v) is 6.29. The second kappa shape index (κ2) is 4.63. The van der Waals surface area contributed by atoms with Crippen LogP contribution in [0.5, 0.6) is 0 Å². The largest absolute Gasteiger partial charge is 0.0812 e. The van der Waals surface area contributed by atoms with Crippen molar-refractivity contribution in [3.05, 3.63) is 64.4 Å². The van der Waals surface area contributed by atoms with Crippen molar-refractivity contribution >= 4 is 29.1 Å². The first-order valence-electron chi connectivity index (χ1n) is 5.55. The molecule has 84 valence electrons. The van der Waals surface area contributed by atoms with E-state index in [2.05, 4.69) is 61.5 Å². The molecule has 0 spiro atoms. The Kier molecular flexibility index (Phi) is 3.00. The fraction of sp³-hybridized carbons (Fsp3) is 0.0667. The first-order valence-corrected chi connectivity index (χ1v) is 7.19. The van der Waals surface area contributed by atoms with E-state index in [0.29, 0.717) is 0 Å². The molecule has 0 fully saturated rings. The molecule has 0 unspecified atom stereocenters. The van der Waals surface area contributed by atoms with Gasteiger partial charge in [0.1, 0.15) is 0 Å². The fourth-order valence-electron chi connectivity index (χ4n) is 1.80. The van der Waals surface area contributed by atoms with Crippen molar-refractivity contribution in [1.29, 1.82) is 0 Å². The highest BCUT2D eigenvalue weighted by Gasteiger charge is 2.18. The molecule has 3 rings (SSSR count). The second-order valence-electron chi connectivity index (χ2n) is 3.93. The van der Waals surface area contributed by atoms with Crippen molar-refractivity contribution in [1.82, 2.24) is 0 Å². The lowest BCUT2D eigenvalue weighted by Crippen LogP contribution is -1.79. The van der Waals surface area contributed by atoms with Crippen molar-refractivity contribution in [3.63, 3.8) is 0 Å². The molecule has 2 heteroatoms. The molecule has 0 aromatic heterocycles. The number of rotatable bonds is 1. The summed E-state index contributed by atoms with van der Waals surface area (Å²) in [6.45, 7) is 2.20. The minimum Gasteiger partial charge on any atom is -0.0812 e. The Morgan fingerprint density at radius 3 is 1.88 bits per heavy atom. The fourth-order valence-corrected chi connectivity index (χ4v) is 4.33. The zero-order chi connectivity index (χ0) is 11.7. The van der Waals surface area contributed by atoms with Gasteiger partial charge in [-0.3, -0.25) is 0 Å². The van der Waals surface area contributed by atoms with E-state index in [9.17, 15) is 0 Å². The molecule has 0 aliphatic carbocycles.